The first-order chi connectivity index (χ1) is 12.8. The molecular formula is C21H19N3O2. The summed E-state index contributed by atoms with van der Waals surface area (Å²) in [5.74, 6) is 6.36. The number of fused-ring (bicyclic) bond motifs is 1. The van der Waals surface area contributed by atoms with Crippen LogP contribution in [0.25, 0.3) is 10.8 Å². The van der Waals surface area contributed by atoms with Gasteiger partial charge in [-0.25, -0.2) is 4.79 Å². The van der Waals surface area contributed by atoms with E-state index < -0.39 is 0 Å². The Hall–Kier alpha value is -3.52. The Bertz CT molecular complexity index is 925. The van der Waals surface area contributed by atoms with Gasteiger partial charge in [-0.15, -0.1) is 0 Å². The van der Waals surface area contributed by atoms with Crippen LogP contribution in [0.2, 0.25) is 0 Å². The van der Waals surface area contributed by atoms with Gasteiger partial charge in [0.2, 0.25) is 0 Å². The topological polar surface area (TPSA) is 63.2 Å². The fourth-order valence-corrected chi connectivity index (χ4v) is 2.47. The van der Waals surface area contributed by atoms with Gasteiger partial charge in [0.1, 0.15) is 12.4 Å². The smallest absolute Gasteiger partial charge is 0.315 e. The molecule has 5 heteroatoms. The van der Waals surface area contributed by atoms with Crippen molar-refractivity contribution in [3.63, 3.8) is 0 Å². The number of nitrogens with zero attached hydrogens (tertiary/aromatic N) is 1. The molecule has 1 aromatic heterocycles. The molecule has 130 valence electrons. The molecular weight excluding hydrogens is 326 g/mol. The molecule has 0 atom stereocenters. The van der Waals surface area contributed by atoms with Crippen molar-refractivity contribution in [2.24, 2.45) is 0 Å². The first-order valence-electron chi connectivity index (χ1n) is 8.30. The summed E-state index contributed by atoms with van der Waals surface area (Å²) in [4.78, 5) is 15.8. The number of benzene rings is 2. The Morgan fingerprint density at radius 3 is 2.77 bits per heavy atom. The Kier molecular flexibility index (Phi) is 6.05. The highest BCUT2D eigenvalue weighted by Gasteiger charge is 2.02. The van der Waals surface area contributed by atoms with Crippen LogP contribution < -0.4 is 15.4 Å². The fraction of sp³-hybridized carbons (Fsp3) is 0.143. The van der Waals surface area contributed by atoms with Crippen LogP contribution in [0, 0.1) is 11.8 Å². The summed E-state index contributed by atoms with van der Waals surface area (Å²) >= 11 is 0. The van der Waals surface area contributed by atoms with Crippen LogP contribution >= 0.6 is 0 Å². The Morgan fingerprint density at radius 2 is 1.88 bits per heavy atom. The second kappa shape index (κ2) is 9.09. The number of aromatic nitrogens is 1. The minimum Gasteiger partial charge on any atom is -0.479 e. The monoisotopic (exact) mass is 345 g/mol. The van der Waals surface area contributed by atoms with Crippen LogP contribution in [0.3, 0.4) is 0 Å². The summed E-state index contributed by atoms with van der Waals surface area (Å²) in [6.07, 6.45) is 3.31. The van der Waals surface area contributed by atoms with Crippen LogP contribution in [0.1, 0.15) is 5.56 Å². The first kappa shape index (κ1) is 17.3. The Balaban J connectivity index is 1.40. The normalized spacial score (nSPS) is 9.85. The van der Waals surface area contributed by atoms with Gasteiger partial charge >= 0.3 is 6.03 Å². The molecule has 0 unspecified atom stereocenters. The van der Waals surface area contributed by atoms with Gasteiger partial charge in [-0.2, -0.15) is 0 Å². The number of carbonyl (C=O) groups excluding carboxylic acids is 1. The number of rotatable bonds is 5. The van der Waals surface area contributed by atoms with Crippen molar-refractivity contribution in [1.82, 2.24) is 15.6 Å². The third-order valence-electron chi connectivity index (χ3n) is 3.73. The zero-order chi connectivity index (χ0) is 18.0. The lowest BCUT2D eigenvalue weighted by atomic mass is 10.0. The third kappa shape index (κ3) is 4.99. The SMILES string of the molecule is O=C(NCC#CCOc1cccnc1)NCc1cccc2ccccc12. The maximum Gasteiger partial charge on any atom is 0.315 e. The lowest BCUT2D eigenvalue weighted by molar-refractivity contribution is 0.241. The van der Waals surface area contributed by atoms with Gasteiger partial charge in [-0.05, 0) is 28.5 Å². The molecule has 2 amide bonds. The molecule has 0 aliphatic heterocycles. The van der Waals surface area contributed by atoms with E-state index in [2.05, 4.69) is 45.7 Å². The largest absolute Gasteiger partial charge is 0.479 e. The van der Waals surface area contributed by atoms with Crippen molar-refractivity contribution in [3.8, 4) is 17.6 Å². The van der Waals surface area contributed by atoms with Gasteiger partial charge in [-0.1, -0.05) is 54.3 Å². The number of nitrogens with one attached hydrogen (secondary N) is 2. The van der Waals surface area contributed by atoms with Gasteiger partial charge in [0.15, 0.2) is 0 Å². The quantitative estimate of drug-likeness (QED) is 0.699. The molecule has 2 aromatic carbocycles. The molecule has 0 spiro atoms. The van der Waals surface area contributed by atoms with E-state index in [1.807, 2.05) is 30.3 Å². The molecule has 3 aromatic rings. The number of hydrogen-bond acceptors (Lipinski definition) is 3. The van der Waals surface area contributed by atoms with Crippen LogP contribution in [0.5, 0.6) is 5.75 Å². The van der Waals surface area contributed by atoms with Crippen molar-refractivity contribution in [1.29, 1.82) is 0 Å². The van der Waals surface area contributed by atoms with Crippen molar-refractivity contribution in [2.45, 2.75) is 6.54 Å². The van der Waals surface area contributed by atoms with E-state index in [-0.39, 0.29) is 19.2 Å². The number of carbonyl (C=O) groups is 1. The van der Waals surface area contributed by atoms with E-state index in [1.54, 1.807) is 18.5 Å². The van der Waals surface area contributed by atoms with Gasteiger partial charge in [-0.3, -0.25) is 4.98 Å². The molecule has 0 radical (unpaired) electrons. The summed E-state index contributed by atoms with van der Waals surface area (Å²) in [6.45, 7) is 0.980. The van der Waals surface area contributed by atoms with Gasteiger partial charge < -0.3 is 15.4 Å². The fourth-order valence-electron chi connectivity index (χ4n) is 2.47. The summed E-state index contributed by atoms with van der Waals surface area (Å²) in [5, 5.41) is 7.86. The molecule has 0 saturated heterocycles. The zero-order valence-electron chi connectivity index (χ0n) is 14.2. The molecule has 3 rings (SSSR count). The molecule has 0 fully saturated rings. The average molecular weight is 345 g/mol. The molecule has 0 aliphatic carbocycles. The van der Waals surface area contributed by atoms with Gasteiger partial charge in [0.05, 0.1) is 12.7 Å². The molecule has 0 aliphatic rings. The second-order valence-corrected chi connectivity index (χ2v) is 5.51. The number of ether oxygens (including phenoxy) is 1. The van der Waals surface area contributed by atoms with Crippen LogP contribution in [-0.4, -0.2) is 24.2 Å². The summed E-state index contributed by atoms with van der Waals surface area (Å²) < 4.78 is 5.39. The van der Waals surface area contributed by atoms with Crippen LogP contribution in [0.4, 0.5) is 4.79 Å². The van der Waals surface area contributed by atoms with E-state index in [0.29, 0.717) is 12.3 Å². The molecule has 0 saturated carbocycles. The lowest BCUT2D eigenvalue weighted by Crippen LogP contribution is -2.35. The maximum absolute atomic E-state index is 11.9. The van der Waals surface area contributed by atoms with Crippen molar-refractivity contribution in [3.05, 3.63) is 72.6 Å². The van der Waals surface area contributed by atoms with E-state index in [1.165, 1.54) is 0 Å². The molecule has 0 bridgehead atoms. The van der Waals surface area contributed by atoms with E-state index in [9.17, 15) is 4.79 Å². The lowest BCUT2D eigenvalue weighted by Gasteiger charge is -2.08. The maximum atomic E-state index is 11.9. The zero-order valence-corrected chi connectivity index (χ0v) is 14.2. The van der Waals surface area contributed by atoms with E-state index >= 15 is 0 Å². The van der Waals surface area contributed by atoms with Crippen molar-refractivity contribution in [2.75, 3.05) is 13.2 Å². The Morgan fingerprint density at radius 1 is 1.00 bits per heavy atom. The standard InChI is InChI=1S/C21H19N3O2/c25-21(23-13-3-4-14-26-19-10-6-12-22-16-19)24-15-18-9-5-8-17-7-1-2-11-20(17)18/h1-2,5-12,16H,13-15H2,(H2,23,24,25). The van der Waals surface area contributed by atoms with Crippen molar-refractivity contribution < 1.29 is 9.53 Å². The number of pyridine rings is 1. The molecule has 2 N–H and O–H groups in total. The highest BCUT2D eigenvalue weighted by molar-refractivity contribution is 5.86. The van der Waals surface area contributed by atoms with Crippen LogP contribution in [-0.2, 0) is 6.54 Å². The molecule has 1 heterocycles. The minimum atomic E-state index is -0.250. The van der Waals surface area contributed by atoms with Gasteiger partial charge in [0.25, 0.3) is 0 Å². The summed E-state index contributed by atoms with van der Waals surface area (Å²) in [7, 11) is 0. The number of urea groups is 1. The predicted octanol–water partition coefficient (Wildman–Crippen LogP) is 3.12. The summed E-state index contributed by atoms with van der Waals surface area (Å²) in [5.41, 5.74) is 1.08. The van der Waals surface area contributed by atoms with Crippen LogP contribution in [0.15, 0.2) is 67.0 Å². The van der Waals surface area contributed by atoms with Gasteiger partial charge in [0, 0.05) is 12.7 Å². The number of amides is 2. The number of hydrogen-bond donors (Lipinski definition) is 2. The summed E-state index contributed by atoms with van der Waals surface area (Å²) in [6, 6.07) is 17.5. The second-order valence-electron chi connectivity index (χ2n) is 5.51. The average Bonchev–Trinajstić information content (AvgIpc) is 2.69. The van der Waals surface area contributed by atoms with E-state index in [4.69, 9.17) is 4.74 Å². The molecule has 26 heavy (non-hydrogen) atoms. The van der Waals surface area contributed by atoms with Crippen molar-refractivity contribution >= 4 is 16.8 Å². The highest BCUT2D eigenvalue weighted by atomic mass is 16.5. The highest BCUT2D eigenvalue weighted by Crippen LogP contribution is 2.18. The predicted molar refractivity (Wildman–Crippen MR) is 102 cm³/mol. The molecule has 5 nitrogen and oxygen atoms in total. The van der Waals surface area contributed by atoms with E-state index in [0.717, 1.165) is 16.3 Å². The first-order valence-corrected chi connectivity index (χ1v) is 8.30. The Labute approximate surface area is 152 Å². The minimum absolute atomic E-state index is 0.250. The third-order valence-corrected chi connectivity index (χ3v) is 3.73.